The van der Waals surface area contributed by atoms with E-state index in [4.69, 9.17) is 11.6 Å². The van der Waals surface area contributed by atoms with Crippen molar-refractivity contribution >= 4 is 22.7 Å². The van der Waals surface area contributed by atoms with Gasteiger partial charge in [-0.15, -0.1) is 0 Å². The lowest BCUT2D eigenvalue weighted by molar-refractivity contribution is 0.432. The van der Waals surface area contributed by atoms with Gasteiger partial charge >= 0.3 is 0 Å². The Kier molecular flexibility index (Phi) is 4.81. The molecule has 0 radical (unpaired) electrons. The number of benzene rings is 2. The van der Waals surface area contributed by atoms with Crippen molar-refractivity contribution in [3.8, 4) is 11.5 Å². The molecule has 0 aliphatic heterocycles. The van der Waals surface area contributed by atoms with Gasteiger partial charge in [0.25, 0.3) is 0 Å². The molecule has 0 fully saturated rings. The Balaban J connectivity index is 2.24. The Morgan fingerprint density at radius 3 is 2.58 bits per heavy atom. The summed E-state index contributed by atoms with van der Waals surface area (Å²) in [4.78, 5) is 0. The Bertz CT molecular complexity index is 812. The Morgan fingerprint density at radius 2 is 1.83 bits per heavy atom. The van der Waals surface area contributed by atoms with Crippen molar-refractivity contribution in [2.24, 2.45) is 0 Å². The SMILES string of the molecule is CCCC1=C(c2ccc(O)c(F)c2Cl)CCCc2cc(O)ccc21. The highest BCUT2D eigenvalue weighted by Crippen LogP contribution is 2.42. The van der Waals surface area contributed by atoms with E-state index < -0.39 is 11.6 Å². The maximum atomic E-state index is 14.1. The molecular formula is C20H20ClFO2. The standard InChI is InChI=1S/C20H20ClFO2/c1-2-4-15-14-8-7-13(23)11-12(14)5-3-6-16(15)17-9-10-18(24)20(22)19(17)21/h7-11,23-24H,2-6H2,1H3. The molecule has 1 aliphatic carbocycles. The van der Waals surface area contributed by atoms with E-state index in [1.165, 1.54) is 6.07 Å². The molecule has 0 unspecified atom stereocenters. The summed E-state index contributed by atoms with van der Waals surface area (Å²) in [7, 11) is 0. The normalized spacial score (nSPS) is 14.5. The van der Waals surface area contributed by atoms with E-state index >= 15 is 0 Å². The van der Waals surface area contributed by atoms with Crippen LogP contribution in [-0.4, -0.2) is 10.2 Å². The summed E-state index contributed by atoms with van der Waals surface area (Å²) in [6.07, 6.45) is 4.36. The summed E-state index contributed by atoms with van der Waals surface area (Å²) in [5.41, 5.74) is 5.05. The highest BCUT2D eigenvalue weighted by Gasteiger charge is 2.22. The van der Waals surface area contributed by atoms with E-state index in [9.17, 15) is 14.6 Å². The van der Waals surface area contributed by atoms with Crippen LogP contribution in [0.15, 0.2) is 30.3 Å². The van der Waals surface area contributed by atoms with Crippen molar-refractivity contribution in [1.82, 2.24) is 0 Å². The smallest absolute Gasteiger partial charge is 0.183 e. The molecule has 0 saturated heterocycles. The van der Waals surface area contributed by atoms with E-state index in [0.717, 1.165) is 54.4 Å². The van der Waals surface area contributed by atoms with Crippen LogP contribution in [0, 0.1) is 5.82 Å². The number of hydrogen-bond donors (Lipinski definition) is 2. The molecule has 1 aliphatic rings. The zero-order valence-electron chi connectivity index (χ0n) is 13.6. The number of aromatic hydroxyl groups is 2. The molecule has 4 heteroatoms. The van der Waals surface area contributed by atoms with Gasteiger partial charge in [-0.2, -0.15) is 0 Å². The minimum absolute atomic E-state index is 0.0270. The molecule has 0 heterocycles. The van der Waals surface area contributed by atoms with E-state index in [2.05, 4.69) is 6.92 Å². The molecule has 2 nitrogen and oxygen atoms in total. The van der Waals surface area contributed by atoms with Gasteiger partial charge in [-0.05, 0) is 77.8 Å². The van der Waals surface area contributed by atoms with Gasteiger partial charge in [-0.3, -0.25) is 0 Å². The third kappa shape index (κ3) is 3.01. The molecule has 0 amide bonds. The first-order valence-corrected chi connectivity index (χ1v) is 8.62. The summed E-state index contributed by atoms with van der Waals surface area (Å²) in [6.45, 7) is 2.11. The summed E-state index contributed by atoms with van der Waals surface area (Å²) in [5, 5.41) is 19.3. The number of rotatable bonds is 3. The molecule has 0 saturated carbocycles. The first kappa shape index (κ1) is 16.8. The second-order valence-corrected chi connectivity index (χ2v) is 6.54. The zero-order chi connectivity index (χ0) is 17.3. The quantitative estimate of drug-likeness (QED) is 0.722. The largest absolute Gasteiger partial charge is 0.508 e. The van der Waals surface area contributed by atoms with Crippen molar-refractivity contribution in [3.05, 3.63) is 57.9 Å². The second-order valence-electron chi connectivity index (χ2n) is 6.16. The molecule has 0 bridgehead atoms. The first-order chi connectivity index (χ1) is 11.5. The van der Waals surface area contributed by atoms with Crippen LogP contribution in [0.4, 0.5) is 4.39 Å². The average Bonchev–Trinajstić information content (AvgIpc) is 2.73. The molecular weight excluding hydrogens is 327 g/mol. The van der Waals surface area contributed by atoms with Crippen molar-refractivity contribution in [2.45, 2.75) is 39.0 Å². The van der Waals surface area contributed by atoms with Gasteiger partial charge < -0.3 is 10.2 Å². The van der Waals surface area contributed by atoms with Crippen LogP contribution in [0.25, 0.3) is 11.1 Å². The van der Waals surface area contributed by atoms with Gasteiger partial charge in [0.05, 0.1) is 5.02 Å². The molecule has 0 aromatic heterocycles. The van der Waals surface area contributed by atoms with Gasteiger partial charge in [0.15, 0.2) is 11.6 Å². The number of fused-ring (bicyclic) bond motifs is 1. The average molecular weight is 347 g/mol. The lowest BCUT2D eigenvalue weighted by Crippen LogP contribution is -1.95. The number of phenols is 2. The summed E-state index contributed by atoms with van der Waals surface area (Å²) >= 11 is 6.19. The fourth-order valence-electron chi connectivity index (χ4n) is 3.46. The Morgan fingerprint density at radius 1 is 1.08 bits per heavy atom. The monoisotopic (exact) mass is 346 g/mol. The Labute approximate surface area is 146 Å². The van der Waals surface area contributed by atoms with Crippen LogP contribution in [-0.2, 0) is 6.42 Å². The number of phenolic OH excluding ortho intramolecular Hbond substituents is 2. The lowest BCUT2D eigenvalue weighted by atomic mass is 9.89. The van der Waals surface area contributed by atoms with E-state index in [1.807, 2.05) is 12.1 Å². The number of halogens is 2. The predicted octanol–water partition coefficient (Wildman–Crippen LogP) is 5.94. The first-order valence-electron chi connectivity index (χ1n) is 8.24. The predicted molar refractivity (Wildman–Crippen MR) is 95.8 cm³/mol. The van der Waals surface area contributed by atoms with E-state index in [1.54, 1.807) is 12.1 Å². The maximum Gasteiger partial charge on any atom is 0.183 e. The highest BCUT2D eigenvalue weighted by molar-refractivity contribution is 6.33. The minimum atomic E-state index is -0.771. The highest BCUT2D eigenvalue weighted by atomic mass is 35.5. The van der Waals surface area contributed by atoms with Crippen LogP contribution in [0.5, 0.6) is 11.5 Å². The second kappa shape index (κ2) is 6.86. The fraction of sp³-hybridized carbons (Fsp3) is 0.300. The topological polar surface area (TPSA) is 40.5 Å². The van der Waals surface area contributed by atoms with Crippen LogP contribution in [0.1, 0.15) is 49.3 Å². The number of aryl methyl sites for hydroxylation is 1. The molecule has 0 spiro atoms. The lowest BCUT2D eigenvalue weighted by Gasteiger charge is -2.17. The van der Waals surface area contributed by atoms with Crippen molar-refractivity contribution < 1.29 is 14.6 Å². The third-order valence-electron chi connectivity index (χ3n) is 4.54. The van der Waals surface area contributed by atoms with Crippen molar-refractivity contribution in [2.75, 3.05) is 0 Å². The van der Waals surface area contributed by atoms with Crippen LogP contribution >= 0.6 is 11.6 Å². The third-order valence-corrected chi connectivity index (χ3v) is 4.91. The molecule has 0 atom stereocenters. The van der Waals surface area contributed by atoms with Crippen LogP contribution in [0.3, 0.4) is 0 Å². The van der Waals surface area contributed by atoms with Crippen LogP contribution in [0.2, 0.25) is 5.02 Å². The summed E-state index contributed by atoms with van der Waals surface area (Å²) in [5.74, 6) is -0.935. The van der Waals surface area contributed by atoms with Gasteiger partial charge in [0, 0.05) is 0 Å². The number of hydrogen-bond acceptors (Lipinski definition) is 2. The zero-order valence-corrected chi connectivity index (χ0v) is 14.3. The maximum absolute atomic E-state index is 14.1. The Hall–Kier alpha value is -2.00. The molecule has 2 N–H and O–H groups in total. The van der Waals surface area contributed by atoms with E-state index in [-0.39, 0.29) is 10.8 Å². The summed E-state index contributed by atoms with van der Waals surface area (Å²) < 4.78 is 14.1. The van der Waals surface area contributed by atoms with Crippen LogP contribution < -0.4 is 0 Å². The van der Waals surface area contributed by atoms with Gasteiger partial charge in [-0.1, -0.05) is 31.0 Å². The molecule has 2 aromatic rings. The van der Waals surface area contributed by atoms with Crippen molar-refractivity contribution in [1.29, 1.82) is 0 Å². The molecule has 2 aromatic carbocycles. The minimum Gasteiger partial charge on any atom is -0.508 e. The molecule has 3 rings (SSSR count). The fourth-order valence-corrected chi connectivity index (χ4v) is 3.73. The van der Waals surface area contributed by atoms with Gasteiger partial charge in [0.2, 0.25) is 0 Å². The summed E-state index contributed by atoms with van der Waals surface area (Å²) in [6, 6.07) is 8.49. The van der Waals surface area contributed by atoms with Gasteiger partial charge in [0.1, 0.15) is 5.75 Å². The van der Waals surface area contributed by atoms with Crippen molar-refractivity contribution in [3.63, 3.8) is 0 Å². The number of allylic oxidation sites excluding steroid dienone is 2. The molecule has 126 valence electrons. The van der Waals surface area contributed by atoms with E-state index in [0.29, 0.717) is 5.56 Å². The molecule has 24 heavy (non-hydrogen) atoms. The van der Waals surface area contributed by atoms with Gasteiger partial charge in [-0.25, -0.2) is 4.39 Å².